The van der Waals surface area contributed by atoms with Gasteiger partial charge in [0.25, 0.3) is 10.0 Å². The van der Waals surface area contributed by atoms with Crippen molar-refractivity contribution in [3.05, 3.63) is 58.1 Å². The molecule has 0 spiro atoms. The number of halogens is 2. The molecule has 0 fully saturated rings. The van der Waals surface area contributed by atoms with Crippen LogP contribution in [-0.4, -0.2) is 26.9 Å². The maximum atomic E-state index is 13.3. The van der Waals surface area contributed by atoms with Gasteiger partial charge in [0.1, 0.15) is 6.54 Å². The van der Waals surface area contributed by atoms with Crippen molar-refractivity contribution < 1.29 is 13.2 Å². The van der Waals surface area contributed by atoms with Crippen LogP contribution >= 0.6 is 23.2 Å². The van der Waals surface area contributed by atoms with Crippen LogP contribution in [0.1, 0.15) is 26.3 Å². The van der Waals surface area contributed by atoms with Crippen molar-refractivity contribution in [2.24, 2.45) is 5.92 Å². The summed E-state index contributed by atoms with van der Waals surface area (Å²) in [6.07, 6.45) is 0. The molecule has 0 aliphatic heterocycles. The number of benzene rings is 2. The summed E-state index contributed by atoms with van der Waals surface area (Å²) in [5, 5.41) is 3.33. The number of rotatable bonds is 7. The number of carbonyl (C=O) groups is 1. The van der Waals surface area contributed by atoms with Gasteiger partial charge in [-0.1, -0.05) is 54.7 Å². The van der Waals surface area contributed by atoms with Crippen molar-refractivity contribution in [1.82, 2.24) is 5.32 Å². The summed E-state index contributed by atoms with van der Waals surface area (Å²) in [5.41, 5.74) is 1.08. The Morgan fingerprint density at radius 2 is 1.68 bits per heavy atom. The molecule has 2 rings (SSSR count). The zero-order valence-electron chi connectivity index (χ0n) is 16.2. The second-order valence-electron chi connectivity index (χ2n) is 7.02. The van der Waals surface area contributed by atoms with Gasteiger partial charge in [-0.2, -0.15) is 0 Å². The van der Waals surface area contributed by atoms with Crippen LogP contribution < -0.4 is 9.62 Å². The Kier molecular flexibility index (Phi) is 7.37. The highest BCUT2D eigenvalue weighted by Gasteiger charge is 2.29. The number of carbonyl (C=O) groups excluding carboxylic acids is 1. The molecule has 0 saturated heterocycles. The fourth-order valence-electron chi connectivity index (χ4n) is 2.41. The first-order valence-corrected chi connectivity index (χ1v) is 11.1. The van der Waals surface area contributed by atoms with Crippen molar-refractivity contribution in [3.63, 3.8) is 0 Å². The number of nitrogens with one attached hydrogen (secondary N) is 1. The van der Waals surface area contributed by atoms with Crippen LogP contribution in [0.3, 0.4) is 0 Å². The highest BCUT2D eigenvalue weighted by Crippen LogP contribution is 2.33. The third-order valence-electron chi connectivity index (χ3n) is 4.46. The molecule has 0 unspecified atom stereocenters. The fourth-order valence-corrected chi connectivity index (χ4v) is 4.28. The lowest BCUT2D eigenvalue weighted by molar-refractivity contribution is -0.120. The lowest BCUT2D eigenvalue weighted by atomic mass is 10.1. The number of hydrogen-bond acceptors (Lipinski definition) is 3. The average Bonchev–Trinajstić information content (AvgIpc) is 2.62. The first-order chi connectivity index (χ1) is 13.0. The first-order valence-electron chi connectivity index (χ1n) is 8.86. The molecule has 0 bridgehead atoms. The van der Waals surface area contributed by atoms with E-state index in [0.717, 1.165) is 9.87 Å². The zero-order chi connectivity index (χ0) is 21.1. The molecule has 0 aromatic heterocycles. The Morgan fingerprint density at radius 1 is 1.07 bits per heavy atom. The summed E-state index contributed by atoms with van der Waals surface area (Å²) < 4.78 is 27.6. The van der Waals surface area contributed by atoms with Crippen LogP contribution in [-0.2, 0) is 14.8 Å². The van der Waals surface area contributed by atoms with E-state index in [1.54, 1.807) is 18.2 Å². The van der Waals surface area contributed by atoms with E-state index < -0.39 is 22.5 Å². The third kappa shape index (κ3) is 5.40. The van der Waals surface area contributed by atoms with Gasteiger partial charge in [0, 0.05) is 11.1 Å². The van der Waals surface area contributed by atoms with E-state index in [-0.39, 0.29) is 27.6 Å². The Labute approximate surface area is 176 Å². The molecular formula is C20H24Cl2N2O3S. The summed E-state index contributed by atoms with van der Waals surface area (Å²) in [7, 11) is -4.03. The zero-order valence-corrected chi connectivity index (χ0v) is 18.6. The summed E-state index contributed by atoms with van der Waals surface area (Å²) in [6, 6.07) is 10.8. The Hall–Kier alpha value is -1.76. The maximum Gasteiger partial charge on any atom is 0.264 e. The standard InChI is InChI=1S/C20H24Cl2N2O3S/c1-13(2)15(4)23-20(25)12-24(19-11-16(21)7-10-18(19)22)28(26,27)17-8-5-14(3)6-9-17/h5-11,13,15H,12H2,1-4H3,(H,23,25)/t15-/m0/s1. The summed E-state index contributed by atoms with van der Waals surface area (Å²) in [5.74, 6) is -0.214. The minimum Gasteiger partial charge on any atom is -0.352 e. The van der Waals surface area contributed by atoms with Gasteiger partial charge in [-0.25, -0.2) is 8.42 Å². The van der Waals surface area contributed by atoms with Crippen molar-refractivity contribution in [1.29, 1.82) is 0 Å². The Morgan fingerprint density at radius 3 is 2.25 bits per heavy atom. The lowest BCUT2D eigenvalue weighted by Crippen LogP contribution is -2.45. The molecule has 1 N–H and O–H groups in total. The second kappa shape index (κ2) is 9.16. The minimum atomic E-state index is -4.03. The molecule has 1 atom stereocenters. The van der Waals surface area contributed by atoms with Gasteiger partial charge >= 0.3 is 0 Å². The Balaban J connectivity index is 2.48. The SMILES string of the molecule is Cc1ccc(S(=O)(=O)N(CC(=O)N[C@@H](C)C(C)C)c2cc(Cl)ccc2Cl)cc1. The molecule has 152 valence electrons. The molecule has 1 amide bonds. The normalized spacial score (nSPS) is 12.7. The summed E-state index contributed by atoms with van der Waals surface area (Å²) in [4.78, 5) is 12.6. The van der Waals surface area contributed by atoms with Crippen molar-refractivity contribution in [2.75, 3.05) is 10.8 Å². The maximum absolute atomic E-state index is 13.3. The fraction of sp³-hybridized carbons (Fsp3) is 0.350. The molecule has 5 nitrogen and oxygen atoms in total. The largest absolute Gasteiger partial charge is 0.352 e. The molecule has 2 aromatic rings. The lowest BCUT2D eigenvalue weighted by Gasteiger charge is -2.26. The molecular weight excluding hydrogens is 419 g/mol. The van der Waals surface area contributed by atoms with Crippen LogP contribution in [0, 0.1) is 12.8 Å². The van der Waals surface area contributed by atoms with Gasteiger partial charge in [0.15, 0.2) is 0 Å². The average molecular weight is 443 g/mol. The topological polar surface area (TPSA) is 66.5 Å². The predicted octanol–water partition coefficient (Wildman–Crippen LogP) is 4.66. The minimum absolute atomic E-state index is 0.0684. The molecule has 0 aliphatic rings. The number of anilines is 1. The number of amides is 1. The second-order valence-corrected chi connectivity index (χ2v) is 9.73. The van der Waals surface area contributed by atoms with Gasteiger partial charge in [-0.3, -0.25) is 9.10 Å². The molecule has 2 aromatic carbocycles. The van der Waals surface area contributed by atoms with E-state index in [1.165, 1.54) is 24.3 Å². The number of aryl methyl sites for hydroxylation is 1. The quantitative estimate of drug-likeness (QED) is 0.677. The van der Waals surface area contributed by atoms with Crippen LogP contribution in [0.4, 0.5) is 5.69 Å². The van der Waals surface area contributed by atoms with E-state index >= 15 is 0 Å². The van der Waals surface area contributed by atoms with E-state index in [1.807, 2.05) is 27.7 Å². The van der Waals surface area contributed by atoms with E-state index in [2.05, 4.69) is 5.32 Å². The van der Waals surface area contributed by atoms with Crippen LogP contribution in [0.25, 0.3) is 0 Å². The van der Waals surface area contributed by atoms with Crippen molar-refractivity contribution in [3.8, 4) is 0 Å². The number of sulfonamides is 1. The van der Waals surface area contributed by atoms with E-state index in [4.69, 9.17) is 23.2 Å². The van der Waals surface area contributed by atoms with E-state index in [0.29, 0.717) is 5.02 Å². The Bertz CT molecular complexity index is 944. The van der Waals surface area contributed by atoms with Gasteiger partial charge < -0.3 is 5.32 Å². The third-order valence-corrected chi connectivity index (χ3v) is 6.79. The molecule has 0 saturated carbocycles. The van der Waals surface area contributed by atoms with Gasteiger partial charge in [-0.05, 0) is 50.1 Å². The molecule has 0 radical (unpaired) electrons. The predicted molar refractivity (Wildman–Crippen MR) is 115 cm³/mol. The monoisotopic (exact) mass is 442 g/mol. The summed E-state index contributed by atoms with van der Waals surface area (Å²) in [6.45, 7) is 7.27. The molecule has 8 heteroatoms. The van der Waals surface area contributed by atoms with Crippen LogP contribution in [0.5, 0.6) is 0 Å². The van der Waals surface area contributed by atoms with Crippen molar-refractivity contribution >= 4 is 44.8 Å². The smallest absolute Gasteiger partial charge is 0.264 e. The van der Waals surface area contributed by atoms with Gasteiger partial charge in [0.2, 0.25) is 5.91 Å². The van der Waals surface area contributed by atoms with Gasteiger partial charge in [0.05, 0.1) is 15.6 Å². The van der Waals surface area contributed by atoms with Gasteiger partial charge in [-0.15, -0.1) is 0 Å². The highest BCUT2D eigenvalue weighted by atomic mass is 35.5. The molecule has 0 aliphatic carbocycles. The number of nitrogens with zero attached hydrogens (tertiary/aromatic N) is 1. The highest BCUT2D eigenvalue weighted by molar-refractivity contribution is 7.92. The first kappa shape index (κ1) is 22.5. The van der Waals surface area contributed by atoms with Crippen molar-refractivity contribution in [2.45, 2.75) is 38.6 Å². The number of hydrogen-bond donors (Lipinski definition) is 1. The van der Waals surface area contributed by atoms with Crippen LogP contribution in [0.2, 0.25) is 10.0 Å². The molecule has 0 heterocycles. The molecule has 28 heavy (non-hydrogen) atoms. The van der Waals surface area contributed by atoms with Crippen LogP contribution in [0.15, 0.2) is 47.4 Å². The summed E-state index contributed by atoms with van der Waals surface area (Å²) >= 11 is 12.3. The van der Waals surface area contributed by atoms with E-state index in [9.17, 15) is 13.2 Å².